The van der Waals surface area contributed by atoms with E-state index < -0.39 is 12.0 Å². The summed E-state index contributed by atoms with van der Waals surface area (Å²) in [5.41, 5.74) is 2.01. The molecule has 0 bridgehead atoms. The number of nitrogens with zero attached hydrogens (tertiary/aromatic N) is 1. The van der Waals surface area contributed by atoms with Crippen molar-refractivity contribution in [2.24, 2.45) is 4.99 Å². The largest absolute Gasteiger partial charge is 0.480 e. The standard InChI is InChI=1S/C11H12N2O2S/c1-12-8-4-2-7(3-5-8)10-13-9(6-16-10)11(14)15/h2-5,9,12H,6H2,1H3,(H,14,15). The molecule has 0 radical (unpaired) electrons. The van der Waals surface area contributed by atoms with Crippen molar-refractivity contribution >= 4 is 28.5 Å². The zero-order chi connectivity index (χ0) is 11.5. The first-order chi connectivity index (χ1) is 7.70. The van der Waals surface area contributed by atoms with E-state index in [-0.39, 0.29) is 0 Å². The Hall–Kier alpha value is -1.49. The summed E-state index contributed by atoms with van der Waals surface area (Å²) in [7, 11) is 1.86. The molecule has 1 atom stereocenters. The summed E-state index contributed by atoms with van der Waals surface area (Å²) < 4.78 is 0. The minimum Gasteiger partial charge on any atom is -0.480 e. The molecular weight excluding hydrogens is 224 g/mol. The summed E-state index contributed by atoms with van der Waals surface area (Å²) in [5.74, 6) is -0.326. The van der Waals surface area contributed by atoms with Crippen LogP contribution >= 0.6 is 11.8 Å². The van der Waals surface area contributed by atoms with Crippen molar-refractivity contribution in [2.45, 2.75) is 6.04 Å². The van der Waals surface area contributed by atoms with Crippen LogP contribution in [0.15, 0.2) is 29.3 Å². The lowest BCUT2D eigenvalue weighted by Gasteiger charge is -2.02. The number of aliphatic imine (C=N–C) groups is 1. The monoisotopic (exact) mass is 236 g/mol. The SMILES string of the molecule is CNc1ccc(C2=NC(C(=O)O)CS2)cc1. The lowest BCUT2D eigenvalue weighted by Crippen LogP contribution is -2.17. The van der Waals surface area contributed by atoms with Crippen LogP contribution in [-0.2, 0) is 4.79 Å². The second-order valence-corrected chi connectivity index (χ2v) is 4.44. The molecule has 0 fully saturated rings. The van der Waals surface area contributed by atoms with E-state index in [1.165, 1.54) is 11.8 Å². The van der Waals surface area contributed by atoms with Crippen LogP contribution in [0.5, 0.6) is 0 Å². The molecule has 2 rings (SSSR count). The van der Waals surface area contributed by atoms with Crippen LogP contribution in [-0.4, -0.2) is 35.0 Å². The highest BCUT2D eigenvalue weighted by Gasteiger charge is 2.24. The molecule has 0 spiro atoms. The number of carbonyl (C=O) groups is 1. The first-order valence-corrected chi connectivity index (χ1v) is 5.91. The number of thioether (sulfide) groups is 1. The van der Waals surface area contributed by atoms with Crippen molar-refractivity contribution in [1.82, 2.24) is 0 Å². The molecule has 2 N–H and O–H groups in total. The van der Waals surface area contributed by atoms with Crippen molar-refractivity contribution in [2.75, 3.05) is 18.1 Å². The van der Waals surface area contributed by atoms with E-state index in [0.29, 0.717) is 5.75 Å². The Bertz CT molecular complexity index is 428. The summed E-state index contributed by atoms with van der Waals surface area (Å²) in [4.78, 5) is 14.9. The van der Waals surface area contributed by atoms with Gasteiger partial charge in [0.1, 0.15) is 0 Å². The van der Waals surface area contributed by atoms with E-state index in [9.17, 15) is 4.79 Å². The van der Waals surface area contributed by atoms with Gasteiger partial charge in [0.05, 0.1) is 5.04 Å². The third-order valence-electron chi connectivity index (χ3n) is 2.36. The fourth-order valence-electron chi connectivity index (χ4n) is 1.44. The van der Waals surface area contributed by atoms with Gasteiger partial charge in [-0.25, -0.2) is 4.79 Å². The first kappa shape index (κ1) is 11.0. The maximum absolute atomic E-state index is 10.7. The van der Waals surface area contributed by atoms with Gasteiger partial charge in [-0.3, -0.25) is 4.99 Å². The summed E-state index contributed by atoms with van der Waals surface area (Å²) in [6, 6.07) is 7.20. The number of anilines is 1. The van der Waals surface area contributed by atoms with Gasteiger partial charge in [0.15, 0.2) is 6.04 Å². The highest BCUT2D eigenvalue weighted by atomic mass is 32.2. The fraction of sp³-hybridized carbons (Fsp3) is 0.273. The lowest BCUT2D eigenvalue weighted by atomic mass is 10.2. The van der Waals surface area contributed by atoms with Gasteiger partial charge in [0.2, 0.25) is 0 Å². The topological polar surface area (TPSA) is 61.7 Å². The zero-order valence-electron chi connectivity index (χ0n) is 8.80. The number of nitrogens with one attached hydrogen (secondary N) is 1. The van der Waals surface area contributed by atoms with Crippen molar-refractivity contribution in [3.8, 4) is 0 Å². The van der Waals surface area contributed by atoms with Crippen molar-refractivity contribution < 1.29 is 9.90 Å². The molecule has 1 aromatic carbocycles. The van der Waals surface area contributed by atoms with Gasteiger partial charge in [0, 0.05) is 24.1 Å². The maximum Gasteiger partial charge on any atom is 0.329 e. The summed E-state index contributed by atoms with van der Waals surface area (Å²) in [5, 5.41) is 12.7. The molecule has 0 aromatic heterocycles. The molecule has 1 aromatic rings. The predicted molar refractivity (Wildman–Crippen MR) is 66.4 cm³/mol. The fourth-order valence-corrected chi connectivity index (χ4v) is 2.48. The van der Waals surface area contributed by atoms with Crippen LogP contribution in [0.3, 0.4) is 0 Å². The van der Waals surface area contributed by atoms with Crippen LogP contribution in [0.25, 0.3) is 0 Å². The number of aliphatic carboxylic acids is 1. The number of hydrogen-bond acceptors (Lipinski definition) is 4. The number of benzene rings is 1. The van der Waals surface area contributed by atoms with Gasteiger partial charge in [-0.05, 0) is 12.1 Å². The van der Waals surface area contributed by atoms with Crippen molar-refractivity contribution in [3.05, 3.63) is 29.8 Å². The number of hydrogen-bond donors (Lipinski definition) is 2. The summed E-state index contributed by atoms with van der Waals surface area (Å²) in [6.45, 7) is 0. The molecule has 0 saturated carbocycles. The molecule has 0 saturated heterocycles. The molecule has 0 aliphatic carbocycles. The van der Waals surface area contributed by atoms with Gasteiger partial charge < -0.3 is 10.4 Å². The van der Waals surface area contributed by atoms with Crippen LogP contribution in [0, 0.1) is 0 Å². The minimum atomic E-state index is -0.852. The van der Waals surface area contributed by atoms with E-state index >= 15 is 0 Å². The van der Waals surface area contributed by atoms with E-state index in [1.54, 1.807) is 0 Å². The van der Waals surface area contributed by atoms with Gasteiger partial charge in [-0.15, -0.1) is 11.8 Å². The normalized spacial score (nSPS) is 19.3. The molecule has 16 heavy (non-hydrogen) atoms. The van der Waals surface area contributed by atoms with E-state index in [0.717, 1.165) is 16.3 Å². The highest BCUT2D eigenvalue weighted by molar-refractivity contribution is 8.14. The van der Waals surface area contributed by atoms with Crippen LogP contribution in [0.2, 0.25) is 0 Å². The predicted octanol–water partition coefficient (Wildman–Crippen LogP) is 1.67. The molecule has 0 amide bonds. The Morgan fingerprint density at radius 1 is 1.50 bits per heavy atom. The molecule has 5 heteroatoms. The van der Waals surface area contributed by atoms with Gasteiger partial charge in [0.25, 0.3) is 0 Å². The zero-order valence-corrected chi connectivity index (χ0v) is 9.62. The summed E-state index contributed by atoms with van der Waals surface area (Å²) >= 11 is 1.49. The van der Waals surface area contributed by atoms with Crippen LogP contribution in [0.1, 0.15) is 5.56 Å². The molecule has 1 heterocycles. The Labute approximate surface area is 97.8 Å². The molecule has 1 unspecified atom stereocenters. The van der Waals surface area contributed by atoms with Crippen molar-refractivity contribution in [1.29, 1.82) is 0 Å². The number of rotatable bonds is 3. The van der Waals surface area contributed by atoms with Crippen molar-refractivity contribution in [3.63, 3.8) is 0 Å². The Morgan fingerprint density at radius 2 is 2.19 bits per heavy atom. The Balaban J connectivity index is 2.19. The van der Waals surface area contributed by atoms with Gasteiger partial charge in [-0.1, -0.05) is 12.1 Å². The second-order valence-electron chi connectivity index (χ2n) is 3.43. The first-order valence-electron chi connectivity index (χ1n) is 4.92. The Kier molecular flexibility index (Phi) is 3.14. The maximum atomic E-state index is 10.7. The Morgan fingerprint density at radius 3 is 2.69 bits per heavy atom. The quantitative estimate of drug-likeness (QED) is 0.838. The smallest absolute Gasteiger partial charge is 0.329 e. The molecule has 4 nitrogen and oxygen atoms in total. The van der Waals surface area contributed by atoms with Crippen LogP contribution < -0.4 is 5.32 Å². The average Bonchev–Trinajstić information content (AvgIpc) is 2.78. The molecule has 84 valence electrons. The second kappa shape index (κ2) is 4.57. The highest BCUT2D eigenvalue weighted by Crippen LogP contribution is 2.24. The van der Waals surface area contributed by atoms with E-state index in [1.807, 2.05) is 31.3 Å². The minimum absolute atomic E-state index is 0.526. The van der Waals surface area contributed by atoms with Crippen LogP contribution in [0.4, 0.5) is 5.69 Å². The molecular formula is C11H12N2O2S. The van der Waals surface area contributed by atoms with E-state index in [4.69, 9.17) is 5.11 Å². The lowest BCUT2D eigenvalue weighted by molar-refractivity contribution is -0.137. The third-order valence-corrected chi connectivity index (χ3v) is 3.45. The van der Waals surface area contributed by atoms with E-state index in [2.05, 4.69) is 10.3 Å². The van der Waals surface area contributed by atoms with Gasteiger partial charge >= 0.3 is 5.97 Å². The van der Waals surface area contributed by atoms with Gasteiger partial charge in [-0.2, -0.15) is 0 Å². The molecule has 1 aliphatic heterocycles. The molecule has 1 aliphatic rings. The number of carboxylic acid groups (broad SMARTS) is 1. The summed E-state index contributed by atoms with van der Waals surface area (Å²) in [6.07, 6.45) is 0. The average molecular weight is 236 g/mol. The third kappa shape index (κ3) is 2.19. The number of carboxylic acids is 1.